The van der Waals surface area contributed by atoms with Gasteiger partial charge in [0.15, 0.2) is 23.0 Å². The number of nitriles is 2. The second-order valence-electron chi connectivity index (χ2n) is 10.6. The molecule has 13 heteroatoms. The lowest BCUT2D eigenvalue weighted by Gasteiger charge is -2.28. The zero-order valence-corrected chi connectivity index (χ0v) is 23.3. The van der Waals surface area contributed by atoms with Gasteiger partial charge >= 0.3 is 6.09 Å². The Balaban J connectivity index is 1.72. The quantitative estimate of drug-likeness (QED) is 0.286. The van der Waals surface area contributed by atoms with E-state index in [1.165, 1.54) is 10.7 Å². The number of rotatable bonds is 7. The standard InChI is InChI=1S/C29H26F2N8O3/c1-29(2,3)42-28(40)38(24-11-18(13-32)22(30)12-23(24)31)27-35-26(25-34-15-20(14-33)39(25)36-27)37(19-7-8-19)16-17-5-9-21(41-4)10-6-17/h5-6,9-12,15,19H,7-8,16H2,1-4H3. The van der Waals surface area contributed by atoms with E-state index in [9.17, 15) is 19.7 Å². The molecule has 1 saturated carbocycles. The van der Waals surface area contributed by atoms with Crippen LogP contribution < -0.4 is 14.5 Å². The van der Waals surface area contributed by atoms with Crippen LogP contribution in [-0.4, -0.2) is 44.4 Å². The molecule has 0 atom stereocenters. The average Bonchev–Trinajstić information content (AvgIpc) is 3.70. The summed E-state index contributed by atoms with van der Waals surface area (Å²) in [5.41, 5.74) is -0.799. The molecule has 1 aliphatic rings. The fourth-order valence-electron chi connectivity index (χ4n) is 4.30. The Hall–Kier alpha value is -5.30. The van der Waals surface area contributed by atoms with Gasteiger partial charge in [-0.25, -0.2) is 23.5 Å². The van der Waals surface area contributed by atoms with Crippen LogP contribution in [0.2, 0.25) is 0 Å². The summed E-state index contributed by atoms with van der Waals surface area (Å²) in [6, 6.07) is 12.6. The molecule has 0 radical (unpaired) electrons. The predicted molar refractivity (Wildman–Crippen MR) is 147 cm³/mol. The Kier molecular flexibility index (Phi) is 7.35. The average molecular weight is 573 g/mol. The first-order valence-electron chi connectivity index (χ1n) is 13.0. The molecule has 0 saturated heterocycles. The number of imidazole rings is 1. The van der Waals surface area contributed by atoms with E-state index in [-0.39, 0.29) is 29.1 Å². The van der Waals surface area contributed by atoms with Crippen molar-refractivity contribution in [3.05, 3.63) is 71.1 Å². The van der Waals surface area contributed by atoms with E-state index in [0.717, 1.165) is 29.4 Å². The van der Waals surface area contributed by atoms with Gasteiger partial charge in [-0.2, -0.15) is 20.0 Å². The van der Waals surface area contributed by atoms with Crippen LogP contribution in [0.4, 0.5) is 31.0 Å². The van der Waals surface area contributed by atoms with E-state index in [1.807, 2.05) is 35.2 Å². The van der Waals surface area contributed by atoms with Gasteiger partial charge in [-0.15, -0.1) is 5.10 Å². The van der Waals surface area contributed by atoms with Gasteiger partial charge in [-0.1, -0.05) is 12.1 Å². The van der Waals surface area contributed by atoms with E-state index >= 15 is 4.39 Å². The van der Waals surface area contributed by atoms with E-state index in [0.29, 0.717) is 18.4 Å². The number of carbonyl (C=O) groups excluding carboxylic acids is 1. The molecule has 5 rings (SSSR count). The van der Waals surface area contributed by atoms with Gasteiger partial charge < -0.3 is 14.4 Å². The Labute approximate surface area is 240 Å². The highest BCUT2D eigenvalue weighted by Gasteiger charge is 2.36. The molecule has 2 aromatic carbocycles. The van der Waals surface area contributed by atoms with Crippen molar-refractivity contribution in [1.29, 1.82) is 10.5 Å². The number of fused-ring (bicyclic) bond motifs is 1. The monoisotopic (exact) mass is 572 g/mol. The van der Waals surface area contributed by atoms with Gasteiger partial charge in [0.2, 0.25) is 0 Å². The molecule has 1 fully saturated rings. The molecule has 0 spiro atoms. The molecular weight excluding hydrogens is 546 g/mol. The number of amides is 1. The Morgan fingerprint density at radius 1 is 1.12 bits per heavy atom. The van der Waals surface area contributed by atoms with Crippen LogP contribution in [0.25, 0.3) is 5.65 Å². The number of hydrogen-bond donors (Lipinski definition) is 0. The second-order valence-corrected chi connectivity index (χ2v) is 10.6. The summed E-state index contributed by atoms with van der Waals surface area (Å²) in [4.78, 5) is 25.3. The highest BCUT2D eigenvalue weighted by Crippen LogP contribution is 2.37. The Bertz CT molecular complexity index is 1750. The molecule has 1 amide bonds. The highest BCUT2D eigenvalue weighted by atomic mass is 19.1. The third-order valence-electron chi connectivity index (χ3n) is 6.39. The zero-order valence-electron chi connectivity index (χ0n) is 23.3. The lowest BCUT2D eigenvalue weighted by Crippen LogP contribution is -2.36. The SMILES string of the molecule is COc1ccc(CN(c2nc(N(C(=O)OC(C)(C)C)c3cc(C#N)c(F)cc3F)nn3c(C#N)cnc23)C2CC2)cc1. The first-order chi connectivity index (χ1) is 20.0. The van der Waals surface area contributed by atoms with E-state index < -0.39 is 34.6 Å². The third kappa shape index (κ3) is 5.63. The maximum Gasteiger partial charge on any atom is 0.422 e. The topological polar surface area (TPSA) is 133 Å². The Morgan fingerprint density at radius 2 is 1.83 bits per heavy atom. The van der Waals surface area contributed by atoms with E-state index in [2.05, 4.69) is 15.1 Å². The van der Waals surface area contributed by atoms with Crippen LogP contribution in [0, 0.1) is 34.3 Å². The maximum atomic E-state index is 15.3. The molecule has 2 aromatic heterocycles. The fraction of sp³-hybridized carbons (Fsp3) is 0.310. The second kappa shape index (κ2) is 10.9. The largest absolute Gasteiger partial charge is 0.497 e. The fourth-order valence-corrected chi connectivity index (χ4v) is 4.30. The van der Waals surface area contributed by atoms with Gasteiger partial charge in [0, 0.05) is 18.7 Å². The summed E-state index contributed by atoms with van der Waals surface area (Å²) < 4.78 is 41.6. The highest BCUT2D eigenvalue weighted by molar-refractivity contribution is 5.95. The lowest BCUT2D eigenvalue weighted by molar-refractivity contribution is 0.0595. The van der Waals surface area contributed by atoms with Crippen LogP contribution >= 0.6 is 0 Å². The van der Waals surface area contributed by atoms with Crippen LogP contribution in [0.3, 0.4) is 0 Å². The van der Waals surface area contributed by atoms with Crippen molar-refractivity contribution in [1.82, 2.24) is 19.6 Å². The molecular formula is C29H26F2N8O3. The van der Waals surface area contributed by atoms with Crippen LogP contribution in [0.15, 0.2) is 42.6 Å². The van der Waals surface area contributed by atoms with Crippen molar-refractivity contribution in [2.45, 2.75) is 51.8 Å². The van der Waals surface area contributed by atoms with Crippen LogP contribution in [0.5, 0.6) is 5.75 Å². The Morgan fingerprint density at radius 3 is 2.43 bits per heavy atom. The van der Waals surface area contributed by atoms with Crippen molar-refractivity contribution >= 4 is 29.2 Å². The maximum absolute atomic E-state index is 15.3. The minimum absolute atomic E-state index is 0.0384. The number of nitrogens with zero attached hydrogens (tertiary/aromatic N) is 8. The smallest absolute Gasteiger partial charge is 0.422 e. The summed E-state index contributed by atoms with van der Waals surface area (Å²) in [6.07, 6.45) is 1.97. The van der Waals surface area contributed by atoms with Crippen LogP contribution in [0.1, 0.15) is 50.4 Å². The molecule has 42 heavy (non-hydrogen) atoms. The number of aromatic nitrogens is 4. The summed E-state index contributed by atoms with van der Waals surface area (Å²) in [7, 11) is 1.58. The van der Waals surface area contributed by atoms with Crippen LogP contribution in [-0.2, 0) is 11.3 Å². The summed E-state index contributed by atoms with van der Waals surface area (Å²) in [5.74, 6) is -1.62. The van der Waals surface area contributed by atoms with E-state index in [4.69, 9.17) is 9.47 Å². The van der Waals surface area contributed by atoms with Crippen molar-refractivity contribution in [2.75, 3.05) is 16.9 Å². The summed E-state index contributed by atoms with van der Waals surface area (Å²) in [5, 5.41) is 23.5. The minimum Gasteiger partial charge on any atom is -0.497 e. The number of carbonyl (C=O) groups is 1. The summed E-state index contributed by atoms with van der Waals surface area (Å²) >= 11 is 0. The molecule has 214 valence electrons. The van der Waals surface area contributed by atoms with Crippen molar-refractivity contribution in [2.24, 2.45) is 0 Å². The zero-order chi connectivity index (χ0) is 30.2. The van der Waals surface area contributed by atoms with Gasteiger partial charge in [0.05, 0.1) is 24.6 Å². The van der Waals surface area contributed by atoms with Crippen molar-refractivity contribution in [3.63, 3.8) is 0 Å². The molecule has 0 aliphatic heterocycles. The van der Waals surface area contributed by atoms with Gasteiger partial charge in [-0.05, 0) is 57.4 Å². The number of benzene rings is 2. The summed E-state index contributed by atoms with van der Waals surface area (Å²) in [6.45, 7) is 5.25. The normalized spacial score (nSPS) is 12.9. The molecule has 4 aromatic rings. The number of hydrogen-bond acceptors (Lipinski definition) is 9. The number of methoxy groups -OCH3 is 1. The first-order valence-corrected chi connectivity index (χ1v) is 13.0. The van der Waals surface area contributed by atoms with Gasteiger partial charge in [0.25, 0.3) is 5.95 Å². The molecule has 2 heterocycles. The molecule has 0 unspecified atom stereocenters. The molecule has 0 bridgehead atoms. The van der Waals surface area contributed by atoms with Crippen molar-refractivity contribution < 1.29 is 23.0 Å². The molecule has 1 aliphatic carbocycles. The first kappa shape index (κ1) is 28.2. The predicted octanol–water partition coefficient (Wildman–Crippen LogP) is 5.40. The number of halogens is 2. The lowest BCUT2D eigenvalue weighted by atomic mass is 10.2. The number of ether oxygens (including phenoxy) is 2. The van der Waals surface area contributed by atoms with Gasteiger partial charge in [-0.3, -0.25) is 0 Å². The molecule has 11 nitrogen and oxygen atoms in total. The number of anilines is 3. The third-order valence-corrected chi connectivity index (χ3v) is 6.39. The molecule has 0 N–H and O–H groups in total. The minimum atomic E-state index is -1.15. The van der Waals surface area contributed by atoms with Crippen molar-refractivity contribution in [3.8, 4) is 17.9 Å². The van der Waals surface area contributed by atoms with E-state index in [1.54, 1.807) is 34.0 Å². The van der Waals surface area contributed by atoms with Gasteiger partial charge in [0.1, 0.15) is 29.3 Å².